The van der Waals surface area contributed by atoms with Crippen molar-refractivity contribution in [2.45, 2.75) is 38.9 Å². The van der Waals surface area contributed by atoms with Crippen LogP contribution in [0.3, 0.4) is 0 Å². The highest BCUT2D eigenvalue weighted by Crippen LogP contribution is 2.21. The van der Waals surface area contributed by atoms with E-state index in [-0.39, 0.29) is 0 Å². The molecule has 0 spiro atoms. The molecule has 0 bridgehead atoms. The maximum absolute atomic E-state index is 10.3. The normalized spacial score (nSPS) is 18.6. The molecule has 0 amide bonds. The van der Waals surface area contributed by atoms with Crippen LogP contribution in [0.15, 0.2) is 24.3 Å². The summed E-state index contributed by atoms with van der Waals surface area (Å²) in [5.41, 5.74) is 0.949. The summed E-state index contributed by atoms with van der Waals surface area (Å²) in [6.07, 6.45) is 2.08. The van der Waals surface area contributed by atoms with Crippen LogP contribution < -0.4 is 4.74 Å². The minimum atomic E-state index is -0.440. The summed E-state index contributed by atoms with van der Waals surface area (Å²) in [6, 6.07) is 7.73. The zero-order valence-corrected chi connectivity index (χ0v) is 13.1. The Hall–Kier alpha value is -1.10. The Kier molecular flexibility index (Phi) is 6.49. The molecule has 118 valence electrons. The lowest BCUT2D eigenvalue weighted by atomic mass is 10.0. The van der Waals surface area contributed by atoms with Gasteiger partial charge in [-0.1, -0.05) is 12.1 Å². The highest BCUT2D eigenvalue weighted by atomic mass is 16.5. The van der Waals surface area contributed by atoms with Crippen molar-refractivity contribution in [1.29, 1.82) is 0 Å². The fourth-order valence-corrected chi connectivity index (χ4v) is 2.80. The zero-order chi connectivity index (χ0) is 15.1. The van der Waals surface area contributed by atoms with Gasteiger partial charge in [-0.2, -0.15) is 0 Å². The molecule has 4 heteroatoms. The van der Waals surface area contributed by atoms with Gasteiger partial charge in [0.2, 0.25) is 0 Å². The predicted octanol–water partition coefficient (Wildman–Crippen LogP) is 2.62. The highest BCUT2D eigenvalue weighted by molar-refractivity contribution is 5.28. The van der Waals surface area contributed by atoms with E-state index in [0.29, 0.717) is 19.3 Å². The summed E-state index contributed by atoms with van der Waals surface area (Å²) >= 11 is 0. The number of piperidine rings is 1. The molecule has 0 aliphatic carbocycles. The van der Waals surface area contributed by atoms with Gasteiger partial charge in [-0.05, 0) is 44.4 Å². The van der Waals surface area contributed by atoms with E-state index in [4.69, 9.17) is 9.47 Å². The van der Waals surface area contributed by atoms with Gasteiger partial charge in [0.1, 0.15) is 5.75 Å². The van der Waals surface area contributed by atoms with Crippen LogP contribution in [0.4, 0.5) is 0 Å². The molecular formula is C17H27NO3. The van der Waals surface area contributed by atoms with Gasteiger partial charge in [0.15, 0.2) is 0 Å². The molecule has 0 aromatic heterocycles. The minimum absolute atomic E-state index is 0.397. The Labute approximate surface area is 127 Å². The molecule has 1 saturated heterocycles. The van der Waals surface area contributed by atoms with Crippen molar-refractivity contribution in [2.24, 2.45) is 0 Å². The van der Waals surface area contributed by atoms with Gasteiger partial charge in [0.25, 0.3) is 0 Å². The van der Waals surface area contributed by atoms with Gasteiger partial charge in [-0.3, -0.25) is 0 Å². The molecule has 4 nitrogen and oxygen atoms in total. The average molecular weight is 293 g/mol. The van der Waals surface area contributed by atoms with E-state index >= 15 is 0 Å². The van der Waals surface area contributed by atoms with Crippen LogP contribution >= 0.6 is 0 Å². The van der Waals surface area contributed by atoms with Crippen molar-refractivity contribution in [1.82, 2.24) is 4.90 Å². The first-order chi connectivity index (χ1) is 10.2. The molecule has 1 unspecified atom stereocenters. The maximum Gasteiger partial charge on any atom is 0.119 e. The molecule has 0 saturated carbocycles. The Morgan fingerprint density at radius 3 is 2.38 bits per heavy atom. The van der Waals surface area contributed by atoms with Crippen LogP contribution in [-0.4, -0.2) is 49.0 Å². The Morgan fingerprint density at radius 2 is 1.81 bits per heavy atom. The third kappa shape index (κ3) is 4.99. The second-order valence-electron chi connectivity index (χ2n) is 5.47. The third-order valence-corrected chi connectivity index (χ3v) is 3.94. The predicted molar refractivity (Wildman–Crippen MR) is 83.7 cm³/mol. The third-order valence-electron chi connectivity index (χ3n) is 3.94. The molecule has 1 aromatic carbocycles. The molecule has 1 fully saturated rings. The van der Waals surface area contributed by atoms with Crippen molar-refractivity contribution in [3.8, 4) is 5.75 Å². The number of β-amino-alcohol motifs (C(OH)–C–C–N with tert-alkyl or cyclic N) is 1. The first-order valence-corrected chi connectivity index (χ1v) is 7.97. The van der Waals surface area contributed by atoms with Gasteiger partial charge in [0.05, 0.1) is 18.8 Å². The van der Waals surface area contributed by atoms with Crippen LogP contribution in [0.5, 0.6) is 5.75 Å². The van der Waals surface area contributed by atoms with E-state index in [1.165, 1.54) is 0 Å². The average Bonchev–Trinajstić information content (AvgIpc) is 2.50. The number of hydrogen-bond acceptors (Lipinski definition) is 4. The number of likely N-dealkylation sites (tertiary alicyclic amines) is 1. The number of benzene rings is 1. The molecular weight excluding hydrogens is 266 g/mol. The Bertz CT molecular complexity index is 399. The van der Waals surface area contributed by atoms with E-state index in [9.17, 15) is 5.11 Å². The fraction of sp³-hybridized carbons (Fsp3) is 0.647. The number of nitrogens with zero attached hydrogens (tertiary/aromatic N) is 1. The molecule has 2 rings (SSSR count). The molecule has 1 N–H and O–H groups in total. The fourth-order valence-electron chi connectivity index (χ4n) is 2.80. The second-order valence-corrected chi connectivity index (χ2v) is 5.47. The molecule has 1 aliphatic rings. The van der Waals surface area contributed by atoms with Crippen molar-refractivity contribution < 1.29 is 14.6 Å². The zero-order valence-electron chi connectivity index (χ0n) is 13.1. The maximum atomic E-state index is 10.3. The van der Waals surface area contributed by atoms with Gasteiger partial charge in [-0.25, -0.2) is 0 Å². The summed E-state index contributed by atoms with van der Waals surface area (Å²) in [5.74, 6) is 0.853. The molecule has 0 radical (unpaired) electrons. The summed E-state index contributed by atoms with van der Waals surface area (Å²) in [4.78, 5) is 2.32. The molecule has 1 aromatic rings. The Morgan fingerprint density at radius 1 is 1.14 bits per heavy atom. The quantitative estimate of drug-likeness (QED) is 0.839. The van der Waals surface area contributed by atoms with Crippen LogP contribution in [0, 0.1) is 0 Å². The smallest absolute Gasteiger partial charge is 0.119 e. The number of rotatable bonds is 7. The molecule has 1 atom stereocenters. The number of ether oxygens (including phenoxy) is 2. The SMILES string of the molecule is CCOc1ccc(C(O)CN2CCC(OCC)CC2)cc1. The lowest BCUT2D eigenvalue weighted by Crippen LogP contribution is -2.39. The van der Waals surface area contributed by atoms with Crippen molar-refractivity contribution in [3.05, 3.63) is 29.8 Å². The van der Waals surface area contributed by atoms with Gasteiger partial charge < -0.3 is 19.5 Å². The van der Waals surface area contributed by atoms with Crippen molar-refractivity contribution in [3.63, 3.8) is 0 Å². The highest BCUT2D eigenvalue weighted by Gasteiger charge is 2.21. The monoisotopic (exact) mass is 293 g/mol. The van der Waals surface area contributed by atoms with Crippen LogP contribution in [-0.2, 0) is 4.74 Å². The van der Waals surface area contributed by atoms with Crippen LogP contribution in [0.1, 0.15) is 38.4 Å². The molecule has 1 heterocycles. The van der Waals surface area contributed by atoms with Gasteiger partial charge in [0, 0.05) is 26.2 Å². The van der Waals surface area contributed by atoms with Crippen molar-refractivity contribution in [2.75, 3.05) is 32.8 Å². The largest absolute Gasteiger partial charge is 0.494 e. The van der Waals surface area contributed by atoms with Crippen molar-refractivity contribution >= 4 is 0 Å². The first-order valence-electron chi connectivity index (χ1n) is 7.97. The van der Waals surface area contributed by atoms with E-state index in [2.05, 4.69) is 4.90 Å². The standard InChI is InChI=1S/C17H27NO3/c1-3-20-15-7-5-14(6-8-15)17(19)13-18-11-9-16(10-12-18)21-4-2/h5-8,16-17,19H,3-4,9-13H2,1-2H3. The summed E-state index contributed by atoms with van der Waals surface area (Å²) < 4.78 is 11.1. The lowest BCUT2D eigenvalue weighted by Gasteiger charge is -2.33. The summed E-state index contributed by atoms with van der Waals surface area (Å²) in [6.45, 7) is 8.15. The van der Waals surface area contributed by atoms with E-state index < -0.39 is 6.10 Å². The Balaban J connectivity index is 1.80. The van der Waals surface area contributed by atoms with Crippen LogP contribution in [0.25, 0.3) is 0 Å². The molecule has 21 heavy (non-hydrogen) atoms. The van der Waals surface area contributed by atoms with E-state index in [0.717, 1.165) is 43.9 Å². The first kappa shape index (κ1) is 16.3. The lowest BCUT2D eigenvalue weighted by molar-refractivity contribution is 0.00327. The number of aliphatic hydroxyl groups is 1. The number of hydrogen-bond donors (Lipinski definition) is 1. The topological polar surface area (TPSA) is 41.9 Å². The van der Waals surface area contributed by atoms with E-state index in [1.807, 2.05) is 38.1 Å². The van der Waals surface area contributed by atoms with E-state index in [1.54, 1.807) is 0 Å². The molecule has 1 aliphatic heterocycles. The van der Waals surface area contributed by atoms with Gasteiger partial charge in [-0.15, -0.1) is 0 Å². The van der Waals surface area contributed by atoms with Crippen LogP contribution in [0.2, 0.25) is 0 Å². The summed E-state index contributed by atoms with van der Waals surface area (Å²) in [7, 11) is 0. The summed E-state index contributed by atoms with van der Waals surface area (Å²) in [5, 5.41) is 10.3. The minimum Gasteiger partial charge on any atom is -0.494 e. The van der Waals surface area contributed by atoms with Gasteiger partial charge >= 0.3 is 0 Å². The number of aliphatic hydroxyl groups excluding tert-OH is 1. The second kappa shape index (κ2) is 8.37.